The van der Waals surface area contributed by atoms with Crippen LogP contribution in [0.3, 0.4) is 0 Å². The van der Waals surface area contributed by atoms with Crippen LogP contribution in [0.5, 0.6) is 5.75 Å². The van der Waals surface area contributed by atoms with Crippen LogP contribution in [-0.4, -0.2) is 97.7 Å². The summed E-state index contributed by atoms with van der Waals surface area (Å²) in [5.41, 5.74) is 0.477. The second-order valence-electron chi connectivity index (χ2n) is 12.7. The van der Waals surface area contributed by atoms with Crippen molar-refractivity contribution in [2.24, 2.45) is 11.8 Å². The predicted molar refractivity (Wildman–Crippen MR) is 176 cm³/mol. The number of benzene rings is 2. The first kappa shape index (κ1) is 41.6. The molecular formula is C33H39ClF5N3O8S. The van der Waals surface area contributed by atoms with E-state index in [9.17, 15) is 54.7 Å². The molecular weight excluding hydrogens is 729 g/mol. The van der Waals surface area contributed by atoms with Gasteiger partial charge in [0.25, 0.3) is 11.8 Å². The third-order valence-corrected chi connectivity index (χ3v) is 10.9. The number of carbonyl (C=O) groups excluding carboxylic acids is 4. The van der Waals surface area contributed by atoms with Crippen molar-refractivity contribution in [3.05, 3.63) is 64.7 Å². The Hall–Kier alpha value is -3.83. The molecule has 1 saturated heterocycles. The molecule has 3 amide bonds. The number of halogens is 6. The van der Waals surface area contributed by atoms with Crippen LogP contribution in [0.25, 0.3) is 0 Å². The van der Waals surface area contributed by atoms with Crippen LogP contribution in [0.4, 0.5) is 22.0 Å². The number of aliphatic hydroxyl groups is 1. The molecule has 282 valence electrons. The highest BCUT2D eigenvalue weighted by atomic mass is 35.5. The summed E-state index contributed by atoms with van der Waals surface area (Å²) in [6.45, 7) is 1.37. The fourth-order valence-corrected chi connectivity index (χ4v) is 7.63. The van der Waals surface area contributed by atoms with E-state index in [1.807, 2.05) is 0 Å². The first-order valence-corrected chi connectivity index (χ1v) is 17.8. The van der Waals surface area contributed by atoms with Gasteiger partial charge in [0.05, 0.1) is 24.2 Å². The average molecular weight is 768 g/mol. The zero-order valence-electron chi connectivity index (χ0n) is 28.0. The number of sulfone groups is 1. The SMILES string of the molecule is COc1ccc(CS(=O)(=O)[C@@H]2C[C@@H](C(=O)C[C@@H](C(C)C)[C@@H](O)C(F)(F)C(=O)NCC(F)(F)F)N(C(=O)[C@H](C)NC(=O)c3cccc(Cl)c3)C2)cc1. The largest absolute Gasteiger partial charge is 0.497 e. The van der Waals surface area contributed by atoms with Gasteiger partial charge >= 0.3 is 12.1 Å². The maximum Gasteiger partial charge on any atom is 0.405 e. The molecule has 1 fully saturated rings. The molecule has 5 atom stereocenters. The number of nitrogens with one attached hydrogen (secondary N) is 2. The lowest BCUT2D eigenvalue weighted by atomic mass is 9.81. The van der Waals surface area contributed by atoms with Gasteiger partial charge in [-0.3, -0.25) is 19.2 Å². The molecule has 0 spiro atoms. The van der Waals surface area contributed by atoms with E-state index in [4.69, 9.17) is 16.3 Å². The molecule has 2 aromatic carbocycles. The second-order valence-corrected chi connectivity index (χ2v) is 15.4. The molecule has 0 aliphatic carbocycles. The number of ketones is 1. The van der Waals surface area contributed by atoms with Crippen molar-refractivity contribution in [1.82, 2.24) is 15.5 Å². The Morgan fingerprint density at radius 2 is 1.67 bits per heavy atom. The van der Waals surface area contributed by atoms with Crippen molar-refractivity contribution in [3.63, 3.8) is 0 Å². The molecule has 51 heavy (non-hydrogen) atoms. The van der Waals surface area contributed by atoms with Crippen LogP contribution in [0, 0.1) is 11.8 Å². The number of hydrogen-bond donors (Lipinski definition) is 3. The van der Waals surface area contributed by atoms with E-state index in [0.29, 0.717) is 11.3 Å². The zero-order chi connectivity index (χ0) is 38.5. The summed E-state index contributed by atoms with van der Waals surface area (Å²) >= 11 is 5.95. The number of Topliss-reactive ketones (excluding diaryl/α,β-unsaturated/α-hetero) is 1. The lowest BCUT2D eigenvalue weighted by Gasteiger charge is -2.33. The van der Waals surface area contributed by atoms with E-state index in [1.54, 1.807) is 12.1 Å². The fraction of sp³-hybridized carbons (Fsp3) is 0.515. The van der Waals surface area contributed by atoms with Crippen molar-refractivity contribution in [2.75, 3.05) is 20.2 Å². The Kier molecular flexibility index (Phi) is 13.6. The van der Waals surface area contributed by atoms with Gasteiger partial charge in [0.2, 0.25) is 5.91 Å². The molecule has 1 heterocycles. The number of likely N-dealkylation sites (tertiary alicyclic amines) is 1. The van der Waals surface area contributed by atoms with Gasteiger partial charge in [0, 0.05) is 29.5 Å². The van der Waals surface area contributed by atoms with Gasteiger partial charge in [-0.2, -0.15) is 22.0 Å². The topological polar surface area (TPSA) is 159 Å². The fourth-order valence-electron chi connectivity index (χ4n) is 5.68. The quantitative estimate of drug-likeness (QED) is 0.230. The van der Waals surface area contributed by atoms with Crippen LogP contribution < -0.4 is 15.4 Å². The molecule has 0 unspecified atom stereocenters. The Balaban J connectivity index is 1.90. The standard InChI is InChI=1S/C33H39ClF5N3O8S/c1-18(2)25(28(44)33(38,39)31(47)40-17-32(35,36)37)14-27(43)26-13-24(51(48,49)16-20-8-10-23(50-4)11-9-20)15-42(26)30(46)19(3)41-29(45)21-6-5-7-22(34)12-21/h5-12,18-19,24-26,28,44H,13-17H2,1-4H3,(H,40,47)(H,41,45)/t19-,24+,25-,26-,28+/m0/s1. The van der Waals surface area contributed by atoms with Gasteiger partial charge in [0.15, 0.2) is 15.6 Å². The third kappa shape index (κ3) is 10.8. The number of carbonyl (C=O) groups is 4. The van der Waals surface area contributed by atoms with Gasteiger partial charge in [-0.25, -0.2) is 8.42 Å². The summed E-state index contributed by atoms with van der Waals surface area (Å²) in [7, 11) is -2.65. The lowest BCUT2D eigenvalue weighted by molar-refractivity contribution is -0.178. The number of nitrogens with zero attached hydrogens (tertiary/aromatic N) is 1. The Labute approximate surface area is 296 Å². The maximum absolute atomic E-state index is 15.0. The van der Waals surface area contributed by atoms with E-state index >= 15 is 0 Å². The van der Waals surface area contributed by atoms with Crippen LogP contribution in [0.1, 0.15) is 49.5 Å². The molecule has 3 N–H and O–H groups in total. The second kappa shape index (κ2) is 16.7. The van der Waals surface area contributed by atoms with E-state index < -0.39 is 112 Å². The number of alkyl halides is 5. The first-order valence-electron chi connectivity index (χ1n) is 15.7. The monoisotopic (exact) mass is 767 g/mol. The molecule has 18 heteroatoms. The minimum atomic E-state index is -5.02. The van der Waals surface area contributed by atoms with Crippen LogP contribution in [-0.2, 0) is 30.0 Å². The molecule has 3 rings (SSSR count). The van der Waals surface area contributed by atoms with Crippen molar-refractivity contribution in [1.29, 1.82) is 0 Å². The average Bonchev–Trinajstić information content (AvgIpc) is 3.52. The van der Waals surface area contributed by atoms with E-state index in [0.717, 1.165) is 10.2 Å². The number of aliphatic hydroxyl groups excluding tert-OH is 1. The van der Waals surface area contributed by atoms with Crippen LogP contribution >= 0.6 is 11.6 Å². The lowest BCUT2D eigenvalue weighted by Crippen LogP contribution is -2.54. The number of amides is 3. The summed E-state index contributed by atoms with van der Waals surface area (Å²) in [6, 6.07) is 9.07. The number of ether oxygens (including phenoxy) is 1. The molecule has 1 aliphatic rings. The maximum atomic E-state index is 15.0. The Bertz CT molecular complexity index is 1690. The van der Waals surface area contributed by atoms with Gasteiger partial charge < -0.3 is 25.4 Å². The predicted octanol–water partition coefficient (Wildman–Crippen LogP) is 3.96. The van der Waals surface area contributed by atoms with Gasteiger partial charge in [-0.15, -0.1) is 0 Å². The molecule has 0 radical (unpaired) electrons. The summed E-state index contributed by atoms with van der Waals surface area (Å²) < 4.78 is 99.9. The smallest absolute Gasteiger partial charge is 0.405 e. The van der Waals surface area contributed by atoms with Crippen molar-refractivity contribution >= 4 is 44.9 Å². The van der Waals surface area contributed by atoms with Gasteiger partial charge in [-0.1, -0.05) is 43.6 Å². The third-order valence-electron chi connectivity index (χ3n) is 8.58. The van der Waals surface area contributed by atoms with Crippen LogP contribution in [0.15, 0.2) is 48.5 Å². The molecule has 2 aromatic rings. The van der Waals surface area contributed by atoms with E-state index in [-0.39, 0.29) is 10.6 Å². The minimum absolute atomic E-state index is 0.102. The molecule has 0 bridgehead atoms. The first-order chi connectivity index (χ1) is 23.6. The Morgan fingerprint density at radius 3 is 2.22 bits per heavy atom. The number of methoxy groups -OCH3 is 1. The number of rotatable bonds is 15. The molecule has 1 aliphatic heterocycles. The number of hydrogen-bond acceptors (Lipinski definition) is 8. The Morgan fingerprint density at radius 1 is 1.04 bits per heavy atom. The zero-order valence-corrected chi connectivity index (χ0v) is 29.6. The molecule has 0 aromatic heterocycles. The van der Waals surface area contributed by atoms with Gasteiger partial charge in [-0.05, 0) is 55.2 Å². The summed E-state index contributed by atoms with van der Waals surface area (Å²) in [5.74, 6) is -12.4. The van der Waals surface area contributed by atoms with Crippen molar-refractivity contribution < 1.29 is 59.4 Å². The molecule has 0 saturated carbocycles. The van der Waals surface area contributed by atoms with Crippen LogP contribution in [0.2, 0.25) is 5.02 Å². The minimum Gasteiger partial charge on any atom is -0.497 e. The molecule has 11 nitrogen and oxygen atoms in total. The summed E-state index contributed by atoms with van der Waals surface area (Å²) in [4.78, 5) is 53.4. The summed E-state index contributed by atoms with van der Waals surface area (Å²) in [6.07, 6.45) is -9.30. The van der Waals surface area contributed by atoms with E-state index in [1.165, 1.54) is 64.3 Å². The van der Waals surface area contributed by atoms with Crippen molar-refractivity contribution in [2.45, 2.75) is 74.9 Å². The summed E-state index contributed by atoms with van der Waals surface area (Å²) in [5, 5.41) is 13.0. The van der Waals surface area contributed by atoms with Gasteiger partial charge in [0.1, 0.15) is 24.4 Å². The highest BCUT2D eigenvalue weighted by Crippen LogP contribution is 2.35. The normalized spacial score (nSPS) is 18.5. The highest BCUT2D eigenvalue weighted by Gasteiger charge is 2.53. The van der Waals surface area contributed by atoms with Crippen molar-refractivity contribution in [3.8, 4) is 5.75 Å². The highest BCUT2D eigenvalue weighted by molar-refractivity contribution is 7.91. The van der Waals surface area contributed by atoms with E-state index in [2.05, 4.69) is 5.32 Å².